The van der Waals surface area contributed by atoms with Crippen LogP contribution in [0, 0.1) is 0 Å². The molecule has 0 spiro atoms. The normalized spacial score (nSPS) is 11.5. The molecular weight excluding hydrogens is 343 g/mol. The number of alkyl halides is 3. The van der Waals surface area contributed by atoms with Crippen molar-refractivity contribution in [3.8, 4) is 5.75 Å². The maximum atomic E-state index is 12.3. The average molecular weight is 356 g/mol. The predicted octanol–water partition coefficient (Wildman–Crippen LogP) is 4.93. The van der Waals surface area contributed by atoms with Gasteiger partial charge >= 0.3 is 6.18 Å². The fourth-order valence-corrected chi connectivity index (χ4v) is 1.97. The number of carbonyl (C=O) groups is 1. The molecule has 0 atom stereocenters. The molecule has 1 amide bonds. The summed E-state index contributed by atoms with van der Waals surface area (Å²) in [7, 11) is 0. The Morgan fingerprint density at radius 3 is 2.54 bits per heavy atom. The van der Waals surface area contributed by atoms with Crippen LogP contribution in [0.5, 0.6) is 5.75 Å². The van der Waals surface area contributed by atoms with Crippen LogP contribution in [0.4, 0.5) is 18.9 Å². The largest absolute Gasteiger partial charge is 0.482 e. The minimum Gasteiger partial charge on any atom is -0.482 e. The van der Waals surface area contributed by atoms with Gasteiger partial charge in [-0.25, -0.2) is 0 Å². The number of rotatable bonds is 5. The number of hydrogen-bond acceptors (Lipinski definition) is 2. The minimum absolute atomic E-state index is 0.0643. The van der Waals surface area contributed by atoms with Crippen molar-refractivity contribution in [1.82, 2.24) is 0 Å². The molecule has 0 heterocycles. The summed E-state index contributed by atoms with van der Waals surface area (Å²) in [6, 6.07) is 13.1. The van der Waals surface area contributed by atoms with Gasteiger partial charge in [-0.15, -0.1) is 0 Å². The van der Waals surface area contributed by atoms with E-state index in [-0.39, 0.29) is 16.5 Å². The van der Waals surface area contributed by atoms with E-state index < -0.39 is 18.7 Å². The summed E-state index contributed by atoms with van der Waals surface area (Å²) in [5.41, 5.74) is 0.877. The first-order chi connectivity index (χ1) is 11.3. The zero-order valence-electron chi connectivity index (χ0n) is 12.3. The fourth-order valence-electron chi connectivity index (χ4n) is 1.80. The quantitative estimate of drug-likeness (QED) is 0.772. The second-order valence-electron chi connectivity index (χ2n) is 4.78. The van der Waals surface area contributed by atoms with Crippen LogP contribution in [0.25, 0.3) is 6.08 Å². The maximum absolute atomic E-state index is 12.3. The Bertz CT molecular complexity index is 730. The van der Waals surface area contributed by atoms with E-state index in [1.54, 1.807) is 18.2 Å². The average Bonchev–Trinajstić information content (AvgIpc) is 2.52. The fraction of sp³-hybridized carbons (Fsp3) is 0.118. The molecule has 2 aromatic carbocycles. The molecule has 0 fully saturated rings. The summed E-state index contributed by atoms with van der Waals surface area (Å²) in [5, 5.41) is 2.72. The summed E-state index contributed by atoms with van der Waals surface area (Å²) in [6.07, 6.45) is -1.63. The second-order valence-corrected chi connectivity index (χ2v) is 5.21. The molecule has 0 aromatic heterocycles. The molecule has 1 N–H and O–H groups in total. The highest BCUT2D eigenvalue weighted by atomic mass is 35.5. The lowest BCUT2D eigenvalue weighted by Gasteiger charge is -2.13. The Morgan fingerprint density at radius 2 is 1.88 bits per heavy atom. The summed E-state index contributed by atoms with van der Waals surface area (Å²) < 4.78 is 41.5. The Hall–Kier alpha value is -2.47. The van der Waals surface area contributed by atoms with Gasteiger partial charge in [-0.3, -0.25) is 4.79 Å². The summed E-state index contributed by atoms with van der Waals surface area (Å²) >= 11 is 5.82. The van der Waals surface area contributed by atoms with Crippen LogP contribution < -0.4 is 10.1 Å². The van der Waals surface area contributed by atoms with Gasteiger partial charge in [0.05, 0.1) is 5.69 Å². The highest BCUT2D eigenvalue weighted by molar-refractivity contribution is 6.31. The molecule has 0 saturated heterocycles. The Morgan fingerprint density at radius 1 is 1.17 bits per heavy atom. The molecule has 0 radical (unpaired) electrons. The molecule has 0 aliphatic rings. The molecule has 7 heteroatoms. The van der Waals surface area contributed by atoms with Crippen molar-refractivity contribution in [1.29, 1.82) is 0 Å². The Labute approximate surface area is 141 Å². The van der Waals surface area contributed by atoms with Gasteiger partial charge in [-0.2, -0.15) is 13.2 Å². The highest BCUT2D eigenvalue weighted by Crippen LogP contribution is 2.29. The smallest absolute Gasteiger partial charge is 0.422 e. The Kier molecular flexibility index (Phi) is 5.87. The Balaban J connectivity index is 2.08. The number of benzene rings is 2. The van der Waals surface area contributed by atoms with E-state index in [9.17, 15) is 18.0 Å². The molecule has 2 aromatic rings. The van der Waals surface area contributed by atoms with Gasteiger partial charge < -0.3 is 10.1 Å². The van der Waals surface area contributed by atoms with Crippen LogP contribution in [0.3, 0.4) is 0 Å². The molecule has 0 saturated carbocycles. The van der Waals surface area contributed by atoms with Crippen LogP contribution in [0.1, 0.15) is 5.56 Å². The van der Waals surface area contributed by atoms with Crippen LogP contribution in [-0.2, 0) is 4.79 Å². The summed E-state index contributed by atoms with van der Waals surface area (Å²) in [5.74, 6) is -0.629. The molecule has 2 rings (SSSR count). The van der Waals surface area contributed by atoms with Crippen LogP contribution in [0.15, 0.2) is 54.6 Å². The number of carbonyl (C=O) groups excluding carboxylic acids is 1. The van der Waals surface area contributed by atoms with E-state index in [1.807, 2.05) is 18.2 Å². The van der Waals surface area contributed by atoms with Crippen molar-refractivity contribution >= 4 is 29.3 Å². The molecule has 3 nitrogen and oxygen atoms in total. The third kappa shape index (κ3) is 5.96. The van der Waals surface area contributed by atoms with Crippen LogP contribution in [0.2, 0.25) is 5.02 Å². The van der Waals surface area contributed by atoms with Crippen molar-refractivity contribution in [2.24, 2.45) is 0 Å². The van der Waals surface area contributed by atoms with Crippen molar-refractivity contribution in [3.63, 3.8) is 0 Å². The van der Waals surface area contributed by atoms with E-state index in [2.05, 4.69) is 5.32 Å². The van der Waals surface area contributed by atoms with Gasteiger partial charge in [0, 0.05) is 11.1 Å². The van der Waals surface area contributed by atoms with Crippen LogP contribution >= 0.6 is 11.6 Å². The first-order valence-corrected chi connectivity index (χ1v) is 7.24. The predicted molar refractivity (Wildman–Crippen MR) is 87.1 cm³/mol. The third-order valence-corrected chi connectivity index (χ3v) is 3.05. The molecule has 0 aliphatic carbocycles. The first-order valence-electron chi connectivity index (χ1n) is 6.87. The standard InChI is InChI=1S/C17H13ClF3NO2/c18-13-7-8-15(24-11-17(19,20)21)14(10-13)22-16(23)9-6-12-4-2-1-3-5-12/h1-10H,11H2,(H,22,23)/b9-6+. The molecule has 24 heavy (non-hydrogen) atoms. The van der Waals surface area contributed by atoms with Gasteiger partial charge in [0.15, 0.2) is 6.61 Å². The number of ether oxygens (including phenoxy) is 1. The minimum atomic E-state index is -4.48. The monoisotopic (exact) mass is 355 g/mol. The first kappa shape index (κ1) is 17.9. The summed E-state index contributed by atoms with van der Waals surface area (Å²) in [6.45, 7) is -1.46. The van der Waals surface area contributed by atoms with E-state index in [0.29, 0.717) is 0 Å². The van der Waals surface area contributed by atoms with E-state index >= 15 is 0 Å². The van der Waals surface area contributed by atoms with Gasteiger partial charge in [0.1, 0.15) is 5.75 Å². The summed E-state index contributed by atoms with van der Waals surface area (Å²) in [4.78, 5) is 11.9. The molecule has 0 unspecified atom stereocenters. The van der Waals surface area contributed by atoms with E-state index in [0.717, 1.165) is 5.56 Å². The van der Waals surface area contributed by atoms with Crippen molar-refractivity contribution in [2.75, 3.05) is 11.9 Å². The number of amides is 1. The van der Waals surface area contributed by atoms with Gasteiger partial charge in [-0.05, 0) is 29.8 Å². The number of anilines is 1. The number of halogens is 4. The zero-order chi connectivity index (χ0) is 17.6. The zero-order valence-corrected chi connectivity index (χ0v) is 13.1. The number of hydrogen-bond donors (Lipinski definition) is 1. The molecule has 0 bridgehead atoms. The van der Waals surface area contributed by atoms with Gasteiger partial charge in [0.2, 0.25) is 5.91 Å². The van der Waals surface area contributed by atoms with Crippen molar-refractivity contribution in [3.05, 3.63) is 65.2 Å². The van der Waals surface area contributed by atoms with E-state index in [4.69, 9.17) is 16.3 Å². The number of nitrogens with one attached hydrogen (secondary N) is 1. The lowest BCUT2D eigenvalue weighted by molar-refractivity contribution is -0.153. The van der Waals surface area contributed by atoms with Gasteiger partial charge in [0.25, 0.3) is 0 Å². The van der Waals surface area contributed by atoms with Crippen molar-refractivity contribution in [2.45, 2.75) is 6.18 Å². The van der Waals surface area contributed by atoms with Crippen molar-refractivity contribution < 1.29 is 22.7 Å². The third-order valence-electron chi connectivity index (χ3n) is 2.82. The molecule has 126 valence electrons. The maximum Gasteiger partial charge on any atom is 0.422 e. The highest BCUT2D eigenvalue weighted by Gasteiger charge is 2.28. The second kappa shape index (κ2) is 7.88. The molecular formula is C17H13ClF3NO2. The van der Waals surface area contributed by atoms with Crippen LogP contribution in [-0.4, -0.2) is 18.7 Å². The van der Waals surface area contributed by atoms with Gasteiger partial charge in [-0.1, -0.05) is 41.9 Å². The topological polar surface area (TPSA) is 38.3 Å². The molecule has 0 aliphatic heterocycles. The lowest BCUT2D eigenvalue weighted by atomic mass is 10.2. The SMILES string of the molecule is O=C(/C=C/c1ccccc1)Nc1cc(Cl)ccc1OCC(F)(F)F. The van der Waals surface area contributed by atoms with E-state index in [1.165, 1.54) is 24.3 Å². The lowest BCUT2D eigenvalue weighted by Crippen LogP contribution is -2.20.